The van der Waals surface area contributed by atoms with Gasteiger partial charge in [-0.25, -0.2) is 8.78 Å². The van der Waals surface area contributed by atoms with Crippen LogP contribution in [0.25, 0.3) is 21.9 Å². The van der Waals surface area contributed by atoms with Crippen molar-refractivity contribution in [1.29, 1.82) is 0 Å². The molecular formula is C24H22F2N2O2. The second-order valence-electron chi connectivity index (χ2n) is 7.83. The van der Waals surface area contributed by atoms with E-state index in [1.54, 1.807) is 24.3 Å². The van der Waals surface area contributed by atoms with E-state index in [-0.39, 0.29) is 5.91 Å². The predicted octanol–water partition coefficient (Wildman–Crippen LogP) is 4.70. The minimum atomic E-state index is -1.00. The van der Waals surface area contributed by atoms with Gasteiger partial charge in [-0.2, -0.15) is 0 Å². The number of nitrogens with two attached hydrogens (primary N) is 1. The fourth-order valence-electron chi connectivity index (χ4n) is 4.22. The summed E-state index contributed by atoms with van der Waals surface area (Å²) in [5.74, 6) is -2.67. The summed E-state index contributed by atoms with van der Waals surface area (Å²) in [5.41, 5.74) is 6.31. The summed E-state index contributed by atoms with van der Waals surface area (Å²) in [6, 6.07) is 14.4. The number of hydrogen-bond donors (Lipinski definition) is 2. The molecule has 1 aliphatic rings. The Labute approximate surface area is 173 Å². The smallest absolute Gasteiger partial charge is 0.252 e. The molecule has 0 spiro atoms. The lowest BCUT2D eigenvalue weighted by Gasteiger charge is -2.35. The Hall–Kier alpha value is -3.28. The van der Waals surface area contributed by atoms with Gasteiger partial charge in [0.1, 0.15) is 5.54 Å². The molecule has 0 atom stereocenters. The van der Waals surface area contributed by atoms with Gasteiger partial charge in [-0.15, -0.1) is 0 Å². The topological polar surface area (TPSA) is 72.2 Å². The first-order chi connectivity index (χ1) is 14.4. The molecule has 3 aromatic rings. The van der Waals surface area contributed by atoms with Crippen molar-refractivity contribution < 1.29 is 18.4 Å². The van der Waals surface area contributed by atoms with Crippen molar-refractivity contribution in [3.8, 4) is 11.1 Å². The van der Waals surface area contributed by atoms with Gasteiger partial charge in [0.25, 0.3) is 5.91 Å². The van der Waals surface area contributed by atoms with Gasteiger partial charge in [0, 0.05) is 5.56 Å². The van der Waals surface area contributed by atoms with Gasteiger partial charge < -0.3 is 11.1 Å². The molecule has 0 aromatic heterocycles. The van der Waals surface area contributed by atoms with Crippen LogP contribution in [0.15, 0.2) is 54.6 Å². The third-order valence-corrected chi connectivity index (χ3v) is 5.90. The molecule has 3 N–H and O–H groups in total. The Morgan fingerprint density at radius 3 is 2.37 bits per heavy atom. The van der Waals surface area contributed by atoms with Gasteiger partial charge in [0.2, 0.25) is 5.91 Å². The zero-order chi connectivity index (χ0) is 21.3. The number of amides is 2. The number of benzene rings is 3. The number of nitrogens with one attached hydrogen (secondary N) is 1. The molecule has 1 fully saturated rings. The summed E-state index contributed by atoms with van der Waals surface area (Å²) in [6.45, 7) is 0. The van der Waals surface area contributed by atoms with Crippen molar-refractivity contribution in [2.24, 2.45) is 5.73 Å². The molecule has 2 amide bonds. The lowest BCUT2D eigenvalue weighted by atomic mass is 9.81. The van der Waals surface area contributed by atoms with Crippen LogP contribution in [-0.4, -0.2) is 17.4 Å². The van der Waals surface area contributed by atoms with Crippen LogP contribution < -0.4 is 11.1 Å². The quantitative estimate of drug-likeness (QED) is 0.657. The number of fused-ring (bicyclic) bond motifs is 1. The Morgan fingerprint density at radius 2 is 1.67 bits per heavy atom. The van der Waals surface area contributed by atoms with E-state index in [2.05, 4.69) is 5.32 Å². The lowest BCUT2D eigenvalue weighted by molar-refractivity contribution is -0.125. The molecule has 4 rings (SSSR count). The summed E-state index contributed by atoms with van der Waals surface area (Å²) in [6.07, 6.45) is 3.80. The van der Waals surface area contributed by atoms with Crippen LogP contribution in [0.5, 0.6) is 0 Å². The molecule has 30 heavy (non-hydrogen) atoms. The fourth-order valence-corrected chi connectivity index (χ4v) is 4.22. The van der Waals surface area contributed by atoms with Crippen LogP contribution in [0.4, 0.5) is 8.78 Å². The maximum atomic E-state index is 13.7. The first-order valence-corrected chi connectivity index (χ1v) is 10.0. The minimum absolute atomic E-state index is 0.351. The third kappa shape index (κ3) is 3.65. The zero-order valence-corrected chi connectivity index (χ0v) is 16.4. The molecule has 6 heteroatoms. The lowest BCUT2D eigenvalue weighted by Crippen LogP contribution is -2.58. The highest BCUT2D eigenvalue weighted by molar-refractivity contribution is 6.04. The van der Waals surface area contributed by atoms with Gasteiger partial charge in [0.05, 0.1) is 0 Å². The average Bonchev–Trinajstić information content (AvgIpc) is 2.75. The third-order valence-electron chi connectivity index (χ3n) is 5.90. The van der Waals surface area contributed by atoms with Crippen molar-refractivity contribution >= 4 is 22.6 Å². The molecule has 3 aromatic carbocycles. The van der Waals surface area contributed by atoms with E-state index < -0.39 is 23.1 Å². The first kappa shape index (κ1) is 20.0. The summed E-state index contributed by atoms with van der Waals surface area (Å²) in [4.78, 5) is 25.0. The van der Waals surface area contributed by atoms with Gasteiger partial charge in [-0.1, -0.05) is 49.6 Å². The first-order valence-electron chi connectivity index (χ1n) is 10.0. The highest BCUT2D eigenvalue weighted by Gasteiger charge is 2.39. The average molecular weight is 408 g/mol. The SMILES string of the molecule is NC(=O)C1(NC(=O)c2ccc3c(-c4ccc(F)c(F)c4)cccc3c2)CCCCC1. The molecule has 0 unspecified atom stereocenters. The number of primary amides is 1. The monoisotopic (exact) mass is 408 g/mol. The Morgan fingerprint density at radius 1 is 0.900 bits per heavy atom. The Kier molecular flexibility index (Phi) is 5.24. The van der Waals surface area contributed by atoms with Gasteiger partial charge >= 0.3 is 0 Å². The molecular weight excluding hydrogens is 386 g/mol. The fraction of sp³-hybridized carbons (Fsp3) is 0.250. The number of halogens is 2. The second kappa shape index (κ2) is 7.86. The number of carbonyl (C=O) groups excluding carboxylic acids is 2. The Balaban J connectivity index is 1.68. The van der Waals surface area contributed by atoms with E-state index in [9.17, 15) is 18.4 Å². The van der Waals surface area contributed by atoms with E-state index in [1.165, 1.54) is 6.07 Å². The van der Waals surface area contributed by atoms with Crippen LogP contribution in [-0.2, 0) is 4.79 Å². The standard InChI is InChI=1S/C24H22F2N2O2/c25-20-10-8-16(14-21(20)26)18-6-4-5-15-13-17(7-9-19(15)18)22(29)28-24(23(27)30)11-2-1-3-12-24/h4-10,13-14H,1-3,11-12H2,(H2,27,30)(H,28,29). The van der Waals surface area contributed by atoms with E-state index >= 15 is 0 Å². The summed E-state index contributed by atoms with van der Waals surface area (Å²) in [7, 11) is 0. The van der Waals surface area contributed by atoms with Crippen molar-refractivity contribution in [2.75, 3.05) is 0 Å². The zero-order valence-electron chi connectivity index (χ0n) is 16.4. The molecule has 0 saturated heterocycles. The predicted molar refractivity (Wildman–Crippen MR) is 112 cm³/mol. The highest BCUT2D eigenvalue weighted by Crippen LogP contribution is 2.31. The maximum Gasteiger partial charge on any atom is 0.252 e. The van der Waals surface area contributed by atoms with Crippen molar-refractivity contribution in [3.63, 3.8) is 0 Å². The summed E-state index contributed by atoms with van der Waals surface area (Å²) in [5, 5.41) is 4.46. The van der Waals surface area contributed by atoms with Crippen LogP contribution in [0, 0.1) is 11.6 Å². The number of rotatable bonds is 4. The van der Waals surface area contributed by atoms with Gasteiger partial charge in [-0.05, 0) is 59.0 Å². The van der Waals surface area contributed by atoms with Crippen LogP contribution in [0.1, 0.15) is 42.5 Å². The van der Waals surface area contributed by atoms with Gasteiger partial charge in [0.15, 0.2) is 11.6 Å². The van der Waals surface area contributed by atoms with Crippen LogP contribution >= 0.6 is 0 Å². The van der Waals surface area contributed by atoms with E-state index in [1.807, 2.05) is 12.1 Å². The van der Waals surface area contributed by atoms with Crippen molar-refractivity contribution in [1.82, 2.24) is 5.32 Å². The largest absolute Gasteiger partial charge is 0.368 e. The molecule has 1 saturated carbocycles. The Bertz CT molecular complexity index is 1140. The van der Waals surface area contributed by atoms with E-state index in [0.717, 1.165) is 47.7 Å². The summed E-state index contributed by atoms with van der Waals surface area (Å²) >= 11 is 0. The minimum Gasteiger partial charge on any atom is -0.368 e. The molecule has 0 radical (unpaired) electrons. The molecule has 0 heterocycles. The number of hydrogen-bond acceptors (Lipinski definition) is 2. The van der Waals surface area contributed by atoms with E-state index in [4.69, 9.17) is 5.73 Å². The van der Waals surface area contributed by atoms with Crippen molar-refractivity contribution in [3.05, 3.63) is 71.8 Å². The molecule has 4 nitrogen and oxygen atoms in total. The number of carbonyl (C=O) groups is 2. The van der Waals surface area contributed by atoms with Crippen molar-refractivity contribution in [2.45, 2.75) is 37.6 Å². The second-order valence-corrected chi connectivity index (χ2v) is 7.83. The molecule has 1 aliphatic carbocycles. The molecule has 0 aliphatic heterocycles. The van der Waals surface area contributed by atoms with E-state index in [0.29, 0.717) is 24.0 Å². The molecule has 0 bridgehead atoms. The summed E-state index contributed by atoms with van der Waals surface area (Å²) < 4.78 is 27.0. The highest BCUT2D eigenvalue weighted by atomic mass is 19.2. The van der Waals surface area contributed by atoms with Crippen LogP contribution in [0.2, 0.25) is 0 Å². The van der Waals surface area contributed by atoms with Gasteiger partial charge in [-0.3, -0.25) is 9.59 Å². The maximum absolute atomic E-state index is 13.7. The van der Waals surface area contributed by atoms with Crippen LogP contribution in [0.3, 0.4) is 0 Å². The normalized spacial score (nSPS) is 15.7. The molecule has 154 valence electrons.